The van der Waals surface area contributed by atoms with E-state index in [9.17, 15) is 18.5 Å². The van der Waals surface area contributed by atoms with Crippen molar-refractivity contribution in [3.8, 4) is 0 Å². The second-order valence-electron chi connectivity index (χ2n) is 6.05. The van der Waals surface area contributed by atoms with Gasteiger partial charge in [0.1, 0.15) is 6.10 Å². The summed E-state index contributed by atoms with van der Waals surface area (Å²) in [6.07, 6.45) is 2.13. The number of aryl methyl sites for hydroxylation is 1. The molecule has 0 aromatic heterocycles. The maximum Gasteiger partial charge on any atom is 0.280 e. The van der Waals surface area contributed by atoms with Crippen LogP contribution in [0.25, 0.3) is 5.76 Å². The number of nitro benzene ring substituents is 1. The number of benzene rings is 2. The Balaban J connectivity index is 2.08. The molecule has 1 heterocycles. The van der Waals surface area contributed by atoms with E-state index in [1.54, 1.807) is 18.2 Å². The highest BCUT2D eigenvalue weighted by Gasteiger charge is 2.31. The molecule has 0 fully saturated rings. The van der Waals surface area contributed by atoms with Crippen molar-refractivity contribution in [1.82, 2.24) is 4.31 Å². The number of nitro groups is 1. The van der Waals surface area contributed by atoms with Crippen LogP contribution in [0, 0.1) is 17.0 Å². The molecule has 1 aliphatic rings. The molecule has 0 unspecified atom stereocenters. The fourth-order valence-corrected chi connectivity index (χ4v) is 4.03. The number of para-hydroxylation sites is 1. The Bertz CT molecular complexity index is 1010. The first kappa shape index (κ1) is 18.7. The average Bonchev–Trinajstić information content (AvgIpc) is 2.67. The van der Waals surface area contributed by atoms with E-state index in [1.807, 2.05) is 6.92 Å². The van der Waals surface area contributed by atoms with Crippen molar-refractivity contribution in [3.05, 3.63) is 88.6 Å². The van der Waals surface area contributed by atoms with Crippen molar-refractivity contribution in [2.24, 2.45) is 0 Å². The molecule has 3 rings (SSSR count). The third-order valence-corrected chi connectivity index (χ3v) is 5.90. The summed E-state index contributed by atoms with van der Waals surface area (Å²) in [5.74, 6) is 0.106. The summed E-state index contributed by atoms with van der Waals surface area (Å²) in [7, 11) is -3.84. The zero-order valence-corrected chi connectivity index (χ0v) is 15.4. The zero-order valence-electron chi connectivity index (χ0n) is 14.6. The van der Waals surface area contributed by atoms with Gasteiger partial charge in [0, 0.05) is 6.07 Å². The van der Waals surface area contributed by atoms with Gasteiger partial charge in [-0.25, -0.2) is 8.42 Å². The molecule has 0 saturated heterocycles. The Morgan fingerprint density at radius 1 is 1.22 bits per heavy atom. The second kappa shape index (κ2) is 7.24. The highest BCUT2D eigenvalue weighted by molar-refractivity contribution is 7.89. The van der Waals surface area contributed by atoms with Gasteiger partial charge < -0.3 is 4.74 Å². The van der Waals surface area contributed by atoms with Crippen molar-refractivity contribution < 1.29 is 18.1 Å². The van der Waals surface area contributed by atoms with Gasteiger partial charge in [-0.05, 0) is 31.2 Å². The second-order valence-corrected chi connectivity index (χ2v) is 7.94. The average molecular weight is 386 g/mol. The molecule has 0 N–H and O–H groups in total. The summed E-state index contributed by atoms with van der Waals surface area (Å²) in [6.45, 7) is 5.56. The molecule has 2 aromatic rings. The maximum absolute atomic E-state index is 13.0. The topological polar surface area (TPSA) is 89.8 Å². The van der Waals surface area contributed by atoms with Crippen LogP contribution in [0.4, 0.5) is 5.69 Å². The minimum atomic E-state index is -3.84. The molecule has 27 heavy (non-hydrogen) atoms. The Morgan fingerprint density at radius 3 is 2.52 bits per heavy atom. The van der Waals surface area contributed by atoms with E-state index in [0.29, 0.717) is 0 Å². The van der Waals surface area contributed by atoms with Crippen LogP contribution in [0.2, 0.25) is 0 Å². The van der Waals surface area contributed by atoms with Crippen molar-refractivity contribution in [3.63, 3.8) is 0 Å². The molecular weight excluding hydrogens is 368 g/mol. The van der Waals surface area contributed by atoms with E-state index >= 15 is 0 Å². The van der Waals surface area contributed by atoms with Gasteiger partial charge >= 0.3 is 0 Å². The zero-order chi connectivity index (χ0) is 19.6. The lowest BCUT2D eigenvalue weighted by molar-refractivity contribution is -0.385. The highest BCUT2D eigenvalue weighted by atomic mass is 32.2. The van der Waals surface area contributed by atoms with Crippen molar-refractivity contribution in [2.75, 3.05) is 6.54 Å². The first-order valence-electron chi connectivity index (χ1n) is 8.16. The molecule has 8 heteroatoms. The standard InChI is InChI=1S/C19H18N2O5S/c1-3-15-12-20(27(24,25)16-10-8-14(2)9-11-16)13-19(26-15)17-6-4-5-7-18(17)21(22)23/h3-11,13,15H,1,12H2,2H3/t15-/m0/s1. The molecule has 0 spiro atoms. The van der Waals surface area contributed by atoms with E-state index < -0.39 is 21.1 Å². The Morgan fingerprint density at radius 2 is 1.89 bits per heavy atom. The lowest BCUT2D eigenvalue weighted by atomic mass is 10.1. The summed E-state index contributed by atoms with van der Waals surface area (Å²) in [6, 6.07) is 12.5. The van der Waals surface area contributed by atoms with Crippen LogP contribution in [0.1, 0.15) is 11.1 Å². The van der Waals surface area contributed by atoms with E-state index in [2.05, 4.69) is 6.58 Å². The molecule has 7 nitrogen and oxygen atoms in total. The van der Waals surface area contributed by atoms with Crippen molar-refractivity contribution in [2.45, 2.75) is 17.9 Å². The minimum absolute atomic E-state index is 0.0316. The van der Waals surface area contributed by atoms with Crippen LogP contribution in [0.3, 0.4) is 0 Å². The maximum atomic E-state index is 13.0. The molecule has 0 saturated carbocycles. The van der Waals surface area contributed by atoms with Crippen molar-refractivity contribution >= 4 is 21.5 Å². The Kier molecular flexibility index (Phi) is 5.00. The van der Waals surface area contributed by atoms with Gasteiger partial charge in [0.05, 0.1) is 28.1 Å². The summed E-state index contributed by atoms with van der Waals surface area (Å²) >= 11 is 0. The summed E-state index contributed by atoms with van der Waals surface area (Å²) < 4.78 is 32.9. The summed E-state index contributed by atoms with van der Waals surface area (Å²) in [5.41, 5.74) is 0.982. The predicted octanol–water partition coefficient (Wildman–Crippen LogP) is 3.48. The van der Waals surface area contributed by atoms with Crippen LogP contribution < -0.4 is 0 Å². The fourth-order valence-electron chi connectivity index (χ4n) is 2.70. The van der Waals surface area contributed by atoms with Crippen LogP contribution in [-0.2, 0) is 14.8 Å². The van der Waals surface area contributed by atoms with Gasteiger partial charge in [0.15, 0.2) is 5.76 Å². The number of hydrogen-bond acceptors (Lipinski definition) is 5. The largest absolute Gasteiger partial charge is 0.482 e. The number of ether oxygens (including phenoxy) is 1. The van der Waals surface area contributed by atoms with Gasteiger partial charge in [-0.2, -0.15) is 0 Å². The third kappa shape index (κ3) is 3.70. The normalized spacial score (nSPS) is 17.0. The lowest BCUT2D eigenvalue weighted by Gasteiger charge is -2.31. The molecule has 0 bridgehead atoms. The quantitative estimate of drug-likeness (QED) is 0.446. The van der Waals surface area contributed by atoms with Gasteiger partial charge in [-0.1, -0.05) is 36.4 Å². The lowest BCUT2D eigenvalue weighted by Crippen LogP contribution is -2.37. The monoisotopic (exact) mass is 386 g/mol. The number of hydrogen-bond donors (Lipinski definition) is 0. The summed E-state index contributed by atoms with van der Waals surface area (Å²) in [4.78, 5) is 10.9. The first-order valence-corrected chi connectivity index (χ1v) is 9.60. The molecular formula is C19H18N2O5S. The van der Waals surface area contributed by atoms with Crippen LogP contribution >= 0.6 is 0 Å². The SMILES string of the molecule is C=C[C@H]1CN(S(=O)(=O)c2ccc(C)cc2)C=C(c2ccccc2[N+](=O)[O-])O1. The molecule has 2 aromatic carbocycles. The first-order chi connectivity index (χ1) is 12.8. The van der Waals surface area contributed by atoms with E-state index in [0.717, 1.165) is 9.87 Å². The molecule has 1 aliphatic heterocycles. The molecule has 0 radical (unpaired) electrons. The molecule has 0 aliphatic carbocycles. The number of nitrogens with zero attached hydrogens (tertiary/aromatic N) is 2. The van der Waals surface area contributed by atoms with Gasteiger partial charge in [-0.3, -0.25) is 14.4 Å². The summed E-state index contributed by atoms with van der Waals surface area (Å²) in [5, 5.41) is 11.3. The smallest absolute Gasteiger partial charge is 0.280 e. The predicted molar refractivity (Wildman–Crippen MR) is 101 cm³/mol. The molecule has 0 amide bonds. The van der Waals surface area contributed by atoms with Gasteiger partial charge in [-0.15, -0.1) is 0 Å². The molecule has 1 atom stereocenters. The number of sulfonamides is 1. The number of rotatable bonds is 5. The molecule has 140 valence electrons. The van der Waals surface area contributed by atoms with Gasteiger partial charge in [0.2, 0.25) is 0 Å². The van der Waals surface area contributed by atoms with Crippen molar-refractivity contribution in [1.29, 1.82) is 0 Å². The fraction of sp³-hybridized carbons (Fsp3) is 0.158. The van der Waals surface area contributed by atoms with E-state index in [-0.39, 0.29) is 28.5 Å². The van der Waals surface area contributed by atoms with Crippen LogP contribution in [-0.4, -0.2) is 30.3 Å². The van der Waals surface area contributed by atoms with Crippen LogP contribution in [0.5, 0.6) is 0 Å². The van der Waals surface area contributed by atoms with Crippen LogP contribution in [0.15, 0.2) is 72.3 Å². The van der Waals surface area contributed by atoms with E-state index in [4.69, 9.17) is 4.74 Å². The Labute approximate surface area is 157 Å². The van der Waals surface area contributed by atoms with E-state index in [1.165, 1.54) is 42.6 Å². The highest BCUT2D eigenvalue weighted by Crippen LogP contribution is 2.32. The Hall–Kier alpha value is -3.13. The third-order valence-electron chi connectivity index (χ3n) is 4.16. The van der Waals surface area contributed by atoms with Gasteiger partial charge in [0.25, 0.3) is 15.7 Å². The minimum Gasteiger partial charge on any atom is -0.482 e.